The lowest BCUT2D eigenvalue weighted by molar-refractivity contribution is -0.109. The number of carbonyl (C=O) groups excluding carboxylic acids is 1. The summed E-state index contributed by atoms with van der Waals surface area (Å²) in [6, 6.07) is 7.50. The van der Waals surface area contributed by atoms with E-state index in [1.54, 1.807) is 6.20 Å². The molecule has 1 aliphatic rings. The Bertz CT molecular complexity index is 654. The largest absolute Gasteiger partial charge is 0.399 e. The zero-order valence-corrected chi connectivity index (χ0v) is 11.4. The molecule has 1 atom stereocenters. The SMILES string of the molecule is Cc1ccncc1N1CCc2ccc(N)cc2C1C=O. The summed E-state index contributed by atoms with van der Waals surface area (Å²) in [5.74, 6) is 0. The molecule has 0 spiro atoms. The van der Waals surface area contributed by atoms with Crippen LogP contribution in [0.5, 0.6) is 0 Å². The Morgan fingerprint density at radius 2 is 2.25 bits per heavy atom. The number of benzene rings is 1. The summed E-state index contributed by atoms with van der Waals surface area (Å²) in [4.78, 5) is 17.9. The van der Waals surface area contributed by atoms with Crippen molar-refractivity contribution in [3.63, 3.8) is 0 Å². The first-order chi connectivity index (χ1) is 9.70. The second-order valence-corrected chi connectivity index (χ2v) is 5.14. The molecule has 0 amide bonds. The number of rotatable bonds is 2. The van der Waals surface area contributed by atoms with Gasteiger partial charge in [-0.25, -0.2) is 0 Å². The Labute approximate surface area is 118 Å². The Hall–Kier alpha value is -2.36. The van der Waals surface area contributed by atoms with Crippen LogP contribution in [0.2, 0.25) is 0 Å². The van der Waals surface area contributed by atoms with Crippen molar-refractivity contribution in [3.05, 3.63) is 53.3 Å². The Morgan fingerprint density at radius 1 is 1.40 bits per heavy atom. The van der Waals surface area contributed by atoms with Crippen LogP contribution in [-0.4, -0.2) is 17.8 Å². The third-order valence-corrected chi connectivity index (χ3v) is 3.90. The van der Waals surface area contributed by atoms with Gasteiger partial charge in [0.25, 0.3) is 0 Å². The normalized spacial score (nSPS) is 17.6. The summed E-state index contributed by atoms with van der Waals surface area (Å²) < 4.78 is 0. The van der Waals surface area contributed by atoms with Gasteiger partial charge in [-0.05, 0) is 48.2 Å². The van der Waals surface area contributed by atoms with Crippen molar-refractivity contribution in [1.82, 2.24) is 4.98 Å². The molecule has 102 valence electrons. The molecule has 0 bridgehead atoms. The third-order valence-electron chi connectivity index (χ3n) is 3.90. The minimum Gasteiger partial charge on any atom is -0.399 e. The van der Waals surface area contributed by atoms with E-state index in [4.69, 9.17) is 5.73 Å². The van der Waals surface area contributed by atoms with Gasteiger partial charge in [-0.2, -0.15) is 0 Å². The maximum Gasteiger partial charge on any atom is 0.147 e. The van der Waals surface area contributed by atoms with Crippen LogP contribution in [0, 0.1) is 6.92 Å². The smallest absolute Gasteiger partial charge is 0.147 e. The molecular formula is C16H17N3O. The molecule has 0 radical (unpaired) electrons. The number of carbonyl (C=O) groups is 1. The fourth-order valence-corrected chi connectivity index (χ4v) is 2.84. The number of pyridine rings is 1. The Kier molecular flexibility index (Phi) is 3.14. The molecule has 0 aliphatic carbocycles. The van der Waals surface area contributed by atoms with Gasteiger partial charge in [0.05, 0.1) is 11.9 Å². The monoisotopic (exact) mass is 267 g/mol. The van der Waals surface area contributed by atoms with E-state index in [1.807, 2.05) is 37.4 Å². The van der Waals surface area contributed by atoms with Crippen LogP contribution >= 0.6 is 0 Å². The number of aryl methyl sites for hydroxylation is 1. The van der Waals surface area contributed by atoms with Crippen LogP contribution in [0.1, 0.15) is 22.7 Å². The van der Waals surface area contributed by atoms with E-state index in [0.717, 1.165) is 36.1 Å². The summed E-state index contributed by atoms with van der Waals surface area (Å²) in [7, 11) is 0. The Balaban J connectivity index is 2.07. The molecule has 0 fully saturated rings. The lowest BCUT2D eigenvalue weighted by atomic mass is 9.92. The average Bonchev–Trinajstić information content (AvgIpc) is 2.46. The van der Waals surface area contributed by atoms with E-state index in [1.165, 1.54) is 5.56 Å². The van der Waals surface area contributed by atoms with Crippen LogP contribution in [0.4, 0.5) is 11.4 Å². The van der Waals surface area contributed by atoms with E-state index < -0.39 is 0 Å². The molecule has 1 unspecified atom stereocenters. The molecule has 1 aliphatic heterocycles. The van der Waals surface area contributed by atoms with Gasteiger partial charge in [-0.3, -0.25) is 4.98 Å². The number of aldehydes is 1. The highest BCUT2D eigenvalue weighted by molar-refractivity contribution is 5.73. The van der Waals surface area contributed by atoms with Crippen molar-refractivity contribution in [3.8, 4) is 0 Å². The van der Waals surface area contributed by atoms with Crippen molar-refractivity contribution in [2.75, 3.05) is 17.2 Å². The van der Waals surface area contributed by atoms with Gasteiger partial charge in [-0.15, -0.1) is 0 Å². The van der Waals surface area contributed by atoms with Crippen molar-refractivity contribution in [2.45, 2.75) is 19.4 Å². The second kappa shape index (κ2) is 4.96. The van der Waals surface area contributed by atoms with Crippen molar-refractivity contribution < 1.29 is 4.79 Å². The topological polar surface area (TPSA) is 59.2 Å². The first kappa shape index (κ1) is 12.7. The number of nitrogen functional groups attached to an aromatic ring is 1. The second-order valence-electron chi connectivity index (χ2n) is 5.14. The predicted molar refractivity (Wildman–Crippen MR) is 79.7 cm³/mol. The van der Waals surface area contributed by atoms with Gasteiger partial charge in [0, 0.05) is 18.4 Å². The number of nitrogens with zero attached hydrogens (tertiary/aromatic N) is 2. The zero-order chi connectivity index (χ0) is 14.1. The summed E-state index contributed by atoms with van der Waals surface area (Å²) in [5.41, 5.74) is 10.9. The first-order valence-electron chi connectivity index (χ1n) is 6.71. The first-order valence-corrected chi connectivity index (χ1v) is 6.71. The van der Waals surface area contributed by atoms with Crippen LogP contribution in [-0.2, 0) is 11.2 Å². The van der Waals surface area contributed by atoms with Crippen molar-refractivity contribution in [2.24, 2.45) is 0 Å². The number of hydrogen-bond donors (Lipinski definition) is 1. The van der Waals surface area contributed by atoms with Crippen LogP contribution < -0.4 is 10.6 Å². The molecule has 4 nitrogen and oxygen atoms in total. The van der Waals surface area contributed by atoms with E-state index in [0.29, 0.717) is 5.69 Å². The van der Waals surface area contributed by atoms with E-state index >= 15 is 0 Å². The molecule has 1 aromatic heterocycles. The number of hydrogen-bond acceptors (Lipinski definition) is 4. The molecular weight excluding hydrogens is 250 g/mol. The molecule has 3 rings (SSSR count). The predicted octanol–water partition coefficient (Wildman–Crippen LogP) is 2.27. The number of fused-ring (bicyclic) bond motifs is 1. The summed E-state index contributed by atoms with van der Waals surface area (Å²) in [6.07, 6.45) is 5.49. The summed E-state index contributed by atoms with van der Waals surface area (Å²) in [6.45, 7) is 2.85. The lowest BCUT2D eigenvalue weighted by Gasteiger charge is -2.36. The minimum atomic E-state index is -0.287. The van der Waals surface area contributed by atoms with Gasteiger partial charge in [0.1, 0.15) is 12.3 Å². The van der Waals surface area contributed by atoms with Crippen molar-refractivity contribution in [1.29, 1.82) is 0 Å². The molecule has 1 aromatic carbocycles. The molecule has 0 saturated heterocycles. The maximum absolute atomic E-state index is 11.6. The lowest BCUT2D eigenvalue weighted by Crippen LogP contribution is -2.37. The standard InChI is InChI=1S/C16H17N3O/c1-11-4-6-18-9-15(11)19-7-5-12-2-3-13(17)8-14(12)16(19)10-20/h2-4,6,8-10,16H,5,7,17H2,1H3. The number of anilines is 2. The number of aromatic nitrogens is 1. The number of nitrogens with two attached hydrogens (primary N) is 1. The maximum atomic E-state index is 11.6. The van der Waals surface area contributed by atoms with E-state index in [9.17, 15) is 4.79 Å². The highest BCUT2D eigenvalue weighted by atomic mass is 16.1. The van der Waals surface area contributed by atoms with E-state index in [-0.39, 0.29) is 6.04 Å². The quantitative estimate of drug-likeness (QED) is 0.670. The summed E-state index contributed by atoms with van der Waals surface area (Å²) >= 11 is 0. The van der Waals surface area contributed by atoms with Crippen molar-refractivity contribution >= 4 is 17.7 Å². The minimum absolute atomic E-state index is 0.287. The highest BCUT2D eigenvalue weighted by Crippen LogP contribution is 2.34. The van der Waals surface area contributed by atoms with Crippen LogP contribution in [0.15, 0.2) is 36.7 Å². The molecule has 4 heteroatoms. The van der Waals surface area contributed by atoms with E-state index in [2.05, 4.69) is 9.88 Å². The Morgan fingerprint density at radius 3 is 3.00 bits per heavy atom. The zero-order valence-electron chi connectivity index (χ0n) is 11.4. The average molecular weight is 267 g/mol. The van der Waals surface area contributed by atoms with Gasteiger partial charge in [-0.1, -0.05) is 6.07 Å². The molecule has 0 saturated carbocycles. The third kappa shape index (κ3) is 2.03. The molecule has 2 heterocycles. The molecule has 2 N–H and O–H groups in total. The van der Waals surface area contributed by atoms with Crippen LogP contribution in [0.25, 0.3) is 0 Å². The van der Waals surface area contributed by atoms with Crippen LogP contribution in [0.3, 0.4) is 0 Å². The summed E-state index contributed by atoms with van der Waals surface area (Å²) in [5, 5.41) is 0. The highest BCUT2D eigenvalue weighted by Gasteiger charge is 2.28. The molecule has 2 aromatic rings. The fraction of sp³-hybridized carbons (Fsp3) is 0.250. The fourth-order valence-electron chi connectivity index (χ4n) is 2.84. The van der Waals surface area contributed by atoms with Gasteiger partial charge in [0.15, 0.2) is 0 Å². The van der Waals surface area contributed by atoms with Gasteiger partial charge < -0.3 is 15.4 Å². The van der Waals surface area contributed by atoms with Gasteiger partial charge >= 0.3 is 0 Å². The molecule has 20 heavy (non-hydrogen) atoms. The van der Waals surface area contributed by atoms with Gasteiger partial charge in [0.2, 0.25) is 0 Å².